The van der Waals surface area contributed by atoms with Crippen molar-refractivity contribution >= 4 is 30.0 Å². The predicted octanol–water partition coefficient (Wildman–Crippen LogP) is 4.88. The van der Waals surface area contributed by atoms with Crippen LogP contribution in [0.5, 0.6) is 23.0 Å². The molecule has 3 aromatic carbocycles. The molecule has 0 fully saturated rings. The monoisotopic (exact) mass is 559 g/mol. The number of para-hydroxylation sites is 2. The predicted molar refractivity (Wildman–Crippen MR) is 156 cm³/mol. The van der Waals surface area contributed by atoms with E-state index in [1.165, 1.54) is 18.0 Å². The Labute approximate surface area is 236 Å². The molecular weight excluding hydrogens is 530 g/mol. The van der Waals surface area contributed by atoms with Crippen molar-refractivity contribution in [2.75, 3.05) is 34.2 Å². The number of amides is 1. The fourth-order valence-corrected chi connectivity index (χ4v) is 4.58. The fourth-order valence-electron chi connectivity index (χ4n) is 3.84. The van der Waals surface area contributed by atoms with Crippen LogP contribution in [-0.2, 0) is 4.79 Å². The number of aromatic nitrogens is 3. The average molecular weight is 560 g/mol. The van der Waals surface area contributed by atoms with Gasteiger partial charge in [-0.1, -0.05) is 48.2 Å². The number of nitrogens with zero attached hydrogens (tertiary/aromatic N) is 4. The third kappa shape index (κ3) is 6.62. The molecule has 0 bridgehead atoms. The number of allylic oxidation sites excluding steroid dienone is 1. The van der Waals surface area contributed by atoms with Crippen LogP contribution in [-0.4, -0.2) is 61.1 Å². The number of nitrogens with one attached hydrogen (secondary N) is 1. The molecule has 40 heavy (non-hydrogen) atoms. The second-order valence-corrected chi connectivity index (χ2v) is 9.04. The number of ether oxygens (including phenoxy) is 4. The molecule has 0 atom stereocenters. The van der Waals surface area contributed by atoms with Gasteiger partial charge in [-0.15, -0.1) is 10.2 Å². The van der Waals surface area contributed by atoms with Gasteiger partial charge >= 0.3 is 0 Å². The summed E-state index contributed by atoms with van der Waals surface area (Å²) in [4.78, 5) is 12.5. The number of thioether (sulfide) groups is 1. The quantitative estimate of drug-likeness (QED) is 0.149. The topological polar surface area (TPSA) is 109 Å². The van der Waals surface area contributed by atoms with E-state index in [4.69, 9.17) is 18.9 Å². The Morgan fingerprint density at radius 1 is 0.900 bits per heavy atom. The molecule has 1 amide bonds. The van der Waals surface area contributed by atoms with E-state index in [0.717, 1.165) is 17.0 Å². The second-order valence-electron chi connectivity index (χ2n) is 8.09. The maximum atomic E-state index is 12.5. The fraction of sp³-hybridized carbons (Fsp3) is 0.172. The van der Waals surface area contributed by atoms with E-state index in [1.807, 2.05) is 65.2 Å². The Kier molecular flexibility index (Phi) is 9.78. The second kappa shape index (κ2) is 13.9. The highest BCUT2D eigenvalue weighted by Gasteiger charge is 2.21. The van der Waals surface area contributed by atoms with Crippen molar-refractivity contribution in [1.29, 1.82) is 0 Å². The van der Waals surface area contributed by atoms with Crippen LogP contribution in [0.25, 0.3) is 23.2 Å². The zero-order valence-electron chi connectivity index (χ0n) is 22.5. The highest BCUT2D eigenvalue weighted by atomic mass is 32.2. The first-order valence-corrected chi connectivity index (χ1v) is 13.1. The van der Waals surface area contributed by atoms with Gasteiger partial charge in [0.05, 0.1) is 34.2 Å². The molecule has 4 aromatic rings. The van der Waals surface area contributed by atoms with Gasteiger partial charge in [0.1, 0.15) is 5.75 Å². The van der Waals surface area contributed by atoms with Crippen LogP contribution in [0.3, 0.4) is 0 Å². The molecule has 0 saturated heterocycles. The summed E-state index contributed by atoms with van der Waals surface area (Å²) in [5, 5.41) is 13.3. The summed E-state index contributed by atoms with van der Waals surface area (Å²) in [6.07, 6.45) is 5.07. The Hall–Kier alpha value is -4.77. The van der Waals surface area contributed by atoms with Gasteiger partial charge < -0.3 is 18.9 Å². The number of hydrazone groups is 1. The van der Waals surface area contributed by atoms with Crippen molar-refractivity contribution in [3.05, 3.63) is 78.4 Å². The number of rotatable bonds is 12. The number of methoxy groups -OCH3 is 4. The van der Waals surface area contributed by atoms with Crippen molar-refractivity contribution in [2.45, 2.75) is 5.16 Å². The van der Waals surface area contributed by atoms with Gasteiger partial charge in [-0.05, 0) is 42.5 Å². The van der Waals surface area contributed by atoms with Gasteiger partial charge in [0.15, 0.2) is 22.5 Å². The maximum absolute atomic E-state index is 12.5. The Morgan fingerprint density at radius 2 is 1.57 bits per heavy atom. The van der Waals surface area contributed by atoms with Crippen LogP contribution >= 0.6 is 11.8 Å². The summed E-state index contributed by atoms with van der Waals surface area (Å²) in [6, 6.07) is 20.9. The van der Waals surface area contributed by atoms with Gasteiger partial charge in [0.25, 0.3) is 5.91 Å². The van der Waals surface area contributed by atoms with Crippen LogP contribution in [0.15, 0.2) is 83.1 Å². The van der Waals surface area contributed by atoms with Crippen LogP contribution < -0.4 is 24.4 Å². The molecule has 1 heterocycles. The zero-order chi connectivity index (χ0) is 28.3. The zero-order valence-corrected chi connectivity index (χ0v) is 23.3. The largest absolute Gasteiger partial charge is 0.496 e. The highest BCUT2D eigenvalue weighted by molar-refractivity contribution is 7.99. The van der Waals surface area contributed by atoms with Crippen molar-refractivity contribution < 1.29 is 23.7 Å². The molecule has 4 rings (SSSR count). The molecule has 0 aliphatic carbocycles. The lowest BCUT2D eigenvalue weighted by Crippen LogP contribution is -2.19. The lowest BCUT2D eigenvalue weighted by Gasteiger charge is -2.15. The minimum atomic E-state index is -0.288. The lowest BCUT2D eigenvalue weighted by molar-refractivity contribution is -0.118. The van der Waals surface area contributed by atoms with E-state index in [1.54, 1.807) is 46.6 Å². The smallest absolute Gasteiger partial charge is 0.250 e. The third-order valence-corrected chi connectivity index (χ3v) is 6.60. The van der Waals surface area contributed by atoms with E-state index in [9.17, 15) is 4.79 Å². The standard InChI is InChI=1S/C29H29N5O5S/c1-36-23-15-9-8-11-20(23)12-10-16-30-31-26(35)19-40-29-33-32-28(34(29)22-13-6-5-7-14-22)21-17-24(37-2)27(39-4)25(18-21)38-3/h5-18H,19H2,1-4H3,(H,31,35)/b12-10+,30-16+. The molecular formula is C29H29N5O5S. The van der Waals surface area contributed by atoms with Crippen LogP contribution in [0.4, 0.5) is 0 Å². The van der Waals surface area contributed by atoms with Crippen molar-refractivity contribution in [1.82, 2.24) is 20.2 Å². The summed E-state index contributed by atoms with van der Waals surface area (Å²) >= 11 is 1.24. The summed E-state index contributed by atoms with van der Waals surface area (Å²) < 4.78 is 23.7. The normalized spacial score (nSPS) is 11.1. The maximum Gasteiger partial charge on any atom is 0.250 e. The first-order chi connectivity index (χ1) is 19.6. The number of benzene rings is 3. The molecule has 0 aliphatic heterocycles. The molecule has 1 aromatic heterocycles. The van der Waals surface area contributed by atoms with Gasteiger partial charge in [-0.3, -0.25) is 9.36 Å². The van der Waals surface area contributed by atoms with E-state index in [0.29, 0.717) is 33.8 Å². The SMILES string of the molecule is COc1ccccc1/C=C/C=N/NC(=O)CSc1nnc(-c2cc(OC)c(OC)c(OC)c2)n1-c1ccccc1. The van der Waals surface area contributed by atoms with Gasteiger partial charge in [-0.2, -0.15) is 5.10 Å². The molecule has 1 N–H and O–H groups in total. The molecule has 206 valence electrons. The van der Waals surface area contributed by atoms with Gasteiger partial charge in [0, 0.05) is 23.0 Å². The van der Waals surface area contributed by atoms with E-state index in [-0.39, 0.29) is 11.7 Å². The first kappa shape index (κ1) is 28.2. The molecule has 0 aliphatic rings. The molecule has 10 nitrogen and oxygen atoms in total. The summed E-state index contributed by atoms with van der Waals surface area (Å²) in [5.74, 6) is 2.55. The number of carbonyl (C=O) groups is 1. The lowest BCUT2D eigenvalue weighted by atomic mass is 10.1. The Balaban J connectivity index is 1.51. The van der Waals surface area contributed by atoms with Crippen LogP contribution in [0.2, 0.25) is 0 Å². The summed E-state index contributed by atoms with van der Waals surface area (Å²) in [5.41, 5.74) is 4.97. The van der Waals surface area contributed by atoms with Crippen molar-refractivity contribution in [3.63, 3.8) is 0 Å². The molecule has 0 unspecified atom stereocenters. The Morgan fingerprint density at radius 3 is 2.25 bits per heavy atom. The minimum Gasteiger partial charge on any atom is -0.496 e. The number of hydrogen-bond donors (Lipinski definition) is 1. The van der Waals surface area contributed by atoms with Crippen LogP contribution in [0.1, 0.15) is 5.56 Å². The highest BCUT2D eigenvalue weighted by Crippen LogP contribution is 2.41. The molecule has 0 spiro atoms. The third-order valence-electron chi connectivity index (χ3n) is 5.67. The Bertz CT molecular complexity index is 1480. The van der Waals surface area contributed by atoms with Crippen molar-refractivity contribution in [3.8, 4) is 40.1 Å². The average Bonchev–Trinajstić information content (AvgIpc) is 3.43. The van der Waals surface area contributed by atoms with Crippen molar-refractivity contribution in [2.24, 2.45) is 5.10 Å². The first-order valence-electron chi connectivity index (χ1n) is 12.1. The summed E-state index contributed by atoms with van der Waals surface area (Å²) in [7, 11) is 6.28. The van der Waals surface area contributed by atoms with E-state index < -0.39 is 0 Å². The summed E-state index contributed by atoms with van der Waals surface area (Å²) in [6.45, 7) is 0. The van der Waals surface area contributed by atoms with Crippen LogP contribution in [0, 0.1) is 0 Å². The minimum absolute atomic E-state index is 0.0772. The molecule has 0 radical (unpaired) electrons. The molecule has 0 saturated carbocycles. The van der Waals surface area contributed by atoms with E-state index in [2.05, 4.69) is 20.7 Å². The van der Waals surface area contributed by atoms with Gasteiger partial charge in [-0.25, -0.2) is 5.43 Å². The number of carbonyl (C=O) groups excluding carboxylic acids is 1. The van der Waals surface area contributed by atoms with Gasteiger partial charge in [0.2, 0.25) is 5.75 Å². The number of hydrogen-bond acceptors (Lipinski definition) is 9. The molecule has 11 heteroatoms. The van der Waals surface area contributed by atoms with E-state index >= 15 is 0 Å².